The number of thiazole rings is 2. The first kappa shape index (κ1) is 18.7. The Kier molecular flexibility index (Phi) is 5.17. The van der Waals surface area contributed by atoms with Crippen molar-refractivity contribution in [2.24, 2.45) is 0 Å². The van der Waals surface area contributed by atoms with E-state index in [0.717, 1.165) is 34.0 Å². The van der Waals surface area contributed by atoms with Crippen LogP contribution < -0.4 is 5.32 Å². The summed E-state index contributed by atoms with van der Waals surface area (Å²) in [5, 5.41) is 5.95. The predicted octanol–water partition coefficient (Wildman–Crippen LogP) is 6.12. The maximum Gasteiger partial charge on any atom is 0.267 e. The summed E-state index contributed by atoms with van der Waals surface area (Å²) in [6.07, 6.45) is 3.06. The second kappa shape index (κ2) is 7.75. The predicted molar refractivity (Wildman–Crippen MR) is 108 cm³/mol. The highest BCUT2D eigenvalue weighted by Gasteiger charge is 2.18. The molecule has 28 heavy (non-hydrogen) atoms. The van der Waals surface area contributed by atoms with Crippen molar-refractivity contribution < 1.29 is 13.6 Å². The highest BCUT2D eigenvalue weighted by atomic mass is 35.5. The molecule has 0 aliphatic carbocycles. The molecule has 9 heteroatoms. The molecule has 0 fully saturated rings. The Hall–Kier alpha value is -2.68. The Labute approximate surface area is 171 Å². The molecular formula is C19H10ClF2N3OS2. The van der Waals surface area contributed by atoms with Crippen LogP contribution in [0.4, 0.5) is 14.5 Å². The molecule has 0 saturated heterocycles. The molecule has 2 aromatic heterocycles. The minimum absolute atomic E-state index is 0.202. The highest BCUT2D eigenvalue weighted by Crippen LogP contribution is 2.35. The second-order valence-electron chi connectivity index (χ2n) is 5.61. The van der Waals surface area contributed by atoms with Crippen molar-refractivity contribution in [3.63, 3.8) is 0 Å². The number of anilines is 1. The van der Waals surface area contributed by atoms with Gasteiger partial charge in [0.25, 0.3) is 5.91 Å². The Morgan fingerprint density at radius 1 is 1.07 bits per heavy atom. The van der Waals surface area contributed by atoms with Crippen LogP contribution in [0, 0.1) is 11.6 Å². The van der Waals surface area contributed by atoms with Crippen molar-refractivity contribution in [2.75, 3.05) is 5.32 Å². The van der Waals surface area contributed by atoms with Crippen LogP contribution >= 0.6 is 34.3 Å². The molecule has 2 aromatic carbocycles. The number of rotatable bonds is 4. The lowest BCUT2D eigenvalue weighted by atomic mass is 10.1. The molecule has 2 heterocycles. The van der Waals surface area contributed by atoms with Crippen molar-refractivity contribution in [1.82, 2.24) is 9.97 Å². The van der Waals surface area contributed by atoms with Gasteiger partial charge in [0.2, 0.25) is 0 Å². The lowest BCUT2D eigenvalue weighted by Gasteiger charge is -2.05. The van der Waals surface area contributed by atoms with Gasteiger partial charge in [0.15, 0.2) is 0 Å². The van der Waals surface area contributed by atoms with Crippen LogP contribution in [0.2, 0.25) is 5.02 Å². The highest BCUT2D eigenvalue weighted by molar-refractivity contribution is 7.17. The van der Waals surface area contributed by atoms with Crippen LogP contribution in [0.1, 0.15) is 9.67 Å². The summed E-state index contributed by atoms with van der Waals surface area (Å²) in [5.74, 6) is -2.35. The van der Waals surface area contributed by atoms with Crippen LogP contribution in [0.5, 0.6) is 0 Å². The number of benzene rings is 2. The molecular weight excluding hydrogens is 424 g/mol. The number of carbonyl (C=O) groups excluding carboxylic acids is 1. The fourth-order valence-electron chi connectivity index (χ4n) is 2.48. The molecule has 4 nitrogen and oxygen atoms in total. The van der Waals surface area contributed by atoms with Crippen LogP contribution in [0.25, 0.3) is 21.1 Å². The van der Waals surface area contributed by atoms with E-state index in [2.05, 4.69) is 15.3 Å². The summed E-state index contributed by atoms with van der Waals surface area (Å²) in [5.41, 5.74) is 1.03. The lowest BCUT2D eigenvalue weighted by molar-refractivity contribution is 0.102. The van der Waals surface area contributed by atoms with Gasteiger partial charge < -0.3 is 5.32 Å². The summed E-state index contributed by atoms with van der Waals surface area (Å²) in [7, 11) is 0. The van der Waals surface area contributed by atoms with E-state index in [9.17, 15) is 13.6 Å². The summed E-state index contributed by atoms with van der Waals surface area (Å²) in [4.78, 5) is 21.1. The molecule has 1 amide bonds. The van der Waals surface area contributed by atoms with E-state index in [1.54, 1.807) is 12.3 Å². The largest absolute Gasteiger partial charge is 0.316 e. The topological polar surface area (TPSA) is 54.9 Å². The second-order valence-corrected chi connectivity index (χ2v) is 7.94. The van der Waals surface area contributed by atoms with Gasteiger partial charge >= 0.3 is 0 Å². The van der Waals surface area contributed by atoms with Gasteiger partial charge in [0.05, 0.1) is 11.2 Å². The van der Waals surface area contributed by atoms with Crippen molar-refractivity contribution in [3.8, 4) is 21.1 Å². The van der Waals surface area contributed by atoms with Crippen LogP contribution in [0.15, 0.2) is 54.2 Å². The SMILES string of the molecule is O=C(Nc1c(F)cccc1F)c1cnc(-c2cc(-c3nccs3)ccc2Cl)s1. The Balaban J connectivity index is 1.63. The van der Waals surface area contributed by atoms with Gasteiger partial charge in [0.1, 0.15) is 32.2 Å². The van der Waals surface area contributed by atoms with Crippen LogP contribution in [0.3, 0.4) is 0 Å². The molecule has 1 N–H and O–H groups in total. The van der Waals surface area contributed by atoms with Crippen LogP contribution in [-0.4, -0.2) is 15.9 Å². The van der Waals surface area contributed by atoms with E-state index in [4.69, 9.17) is 11.6 Å². The molecule has 0 spiro atoms. The number of para-hydroxylation sites is 1. The number of carbonyl (C=O) groups is 1. The number of halogens is 3. The van der Waals surface area contributed by atoms with E-state index >= 15 is 0 Å². The van der Waals surface area contributed by atoms with Crippen LogP contribution in [-0.2, 0) is 0 Å². The van der Waals surface area contributed by atoms with Crippen molar-refractivity contribution >= 4 is 45.9 Å². The van der Waals surface area contributed by atoms with E-state index in [1.165, 1.54) is 23.6 Å². The Morgan fingerprint density at radius 3 is 2.57 bits per heavy atom. The van der Waals surface area contributed by atoms with Gasteiger partial charge in [-0.3, -0.25) is 4.79 Å². The molecule has 0 aliphatic rings. The Morgan fingerprint density at radius 2 is 1.86 bits per heavy atom. The quantitative estimate of drug-likeness (QED) is 0.422. The van der Waals surface area contributed by atoms with Gasteiger partial charge in [-0.25, -0.2) is 18.7 Å². The third-order valence-electron chi connectivity index (χ3n) is 3.81. The molecule has 4 rings (SSSR count). The normalized spacial score (nSPS) is 10.8. The monoisotopic (exact) mass is 433 g/mol. The summed E-state index contributed by atoms with van der Waals surface area (Å²) in [6.45, 7) is 0. The third kappa shape index (κ3) is 3.66. The van der Waals surface area contributed by atoms with E-state index < -0.39 is 23.2 Å². The standard InChI is InChI=1S/C19H10ClF2N3OS2/c20-12-5-4-10(18-23-6-7-27-18)8-11(12)19-24-9-15(28-19)17(26)25-16-13(21)2-1-3-14(16)22/h1-9H,(H,25,26). The maximum atomic E-state index is 13.7. The number of aromatic nitrogens is 2. The molecule has 140 valence electrons. The zero-order valence-corrected chi connectivity index (χ0v) is 16.3. The first-order valence-electron chi connectivity index (χ1n) is 7.94. The number of hydrogen-bond donors (Lipinski definition) is 1. The Bertz CT molecular complexity index is 1140. The smallest absolute Gasteiger partial charge is 0.267 e. The number of nitrogens with zero attached hydrogens (tertiary/aromatic N) is 2. The van der Waals surface area contributed by atoms with E-state index in [1.807, 2.05) is 17.5 Å². The fraction of sp³-hybridized carbons (Fsp3) is 0. The number of hydrogen-bond acceptors (Lipinski definition) is 5. The number of amides is 1. The maximum absolute atomic E-state index is 13.7. The van der Waals surface area contributed by atoms with Gasteiger partial charge in [-0.2, -0.15) is 0 Å². The summed E-state index contributed by atoms with van der Waals surface area (Å²) >= 11 is 8.87. The van der Waals surface area contributed by atoms with Gasteiger partial charge in [0, 0.05) is 22.7 Å². The van der Waals surface area contributed by atoms with Crippen molar-refractivity contribution in [3.05, 3.63) is 75.7 Å². The molecule has 4 aromatic rings. The zero-order valence-electron chi connectivity index (χ0n) is 13.9. The van der Waals surface area contributed by atoms with E-state index in [0.29, 0.717) is 15.6 Å². The fourth-order valence-corrected chi connectivity index (χ4v) is 4.22. The molecule has 0 bridgehead atoms. The number of nitrogens with one attached hydrogen (secondary N) is 1. The molecule has 0 atom stereocenters. The summed E-state index contributed by atoms with van der Waals surface area (Å²) < 4.78 is 27.5. The molecule has 0 radical (unpaired) electrons. The van der Waals surface area contributed by atoms with E-state index in [-0.39, 0.29) is 4.88 Å². The van der Waals surface area contributed by atoms with Crippen molar-refractivity contribution in [1.29, 1.82) is 0 Å². The average Bonchev–Trinajstić information content (AvgIpc) is 3.37. The van der Waals surface area contributed by atoms with Gasteiger partial charge in [-0.1, -0.05) is 23.7 Å². The molecule has 0 aliphatic heterocycles. The first-order valence-corrected chi connectivity index (χ1v) is 10.0. The minimum Gasteiger partial charge on any atom is -0.316 e. The van der Waals surface area contributed by atoms with Gasteiger partial charge in [-0.15, -0.1) is 22.7 Å². The first-order chi connectivity index (χ1) is 13.5. The molecule has 0 saturated carbocycles. The lowest BCUT2D eigenvalue weighted by Crippen LogP contribution is -2.12. The summed E-state index contributed by atoms with van der Waals surface area (Å²) in [6, 6.07) is 8.80. The van der Waals surface area contributed by atoms with Crippen molar-refractivity contribution in [2.45, 2.75) is 0 Å². The third-order valence-corrected chi connectivity index (χ3v) is 5.99. The zero-order chi connectivity index (χ0) is 19.7. The van der Waals surface area contributed by atoms with Gasteiger partial charge in [-0.05, 0) is 24.3 Å². The molecule has 0 unspecified atom stereocenters. The minimum atomic E-state index is -0.850. The average molecular weight is 434 g/mol.